The Morgan fingerprint density at radius 2 is 1.58 bits per heavy atom. The van der Waals surface area contributed by atoms with E-state index in [1.54, 1.807) is 37.0 Å². The number of imide groups is 1. The van der Waals surface area contributed by atoms with Gasteiger partial charge in [-0.15, -0.1) is 0 Å². The number of aromatic nitrogens is 2. The van der Waals surface area contributed by atoms with Gasteiger partial charge in [-0.1, -0.05) is 6.07 Å². The van der Waals surface area contributed by atoms with Gasteiger partial charge in [-0.2, -0.15) is 0 Å². The highest BCUT2D eigenvalue weighted by atomic mass is 16.5. The highest BCUT2D eigenvalue weighted by Crippen LogP contribution is 2.30. The molecule has 0 saturated carbocycles. The van der Waals surface area contributed by atoms with Crippen LogP contribution in [0.2, 0.25) is 0 Å². The molecule has 280 valence electrons. The second-order valence-corrected chi connectivity index (χ2v) is 14.2. The van der Waals surface area contributed by atoms with Crippen molar-refractivity contribution in [3.05, 3.63) is 87.5 Å². The molecule has 0 unspecified atom stereocenters. The lowest BCUT2D eigenvalue weighted by molar-refractivity contribution is -0.0276. The van der Waals surface area contributed by atoms with Gasteiger partial charge in [0.25, 0.3) is 17.4 Å². The Labute approximate surface area is 308 Å². The second kappa shape index (κ2) is 15.6. The number of morpholine rings is 2. The van der Waals surface area contributed by atoms with Crippen LogP contribution in [-0.2, 0) is 28.9 Å². The first kappa shape index (κ1) is 36.4. The van der Waals surface area contributed by atoms with Crippen molar-refractivity contribution in [2.45, 2.75) is 38.8 Å². The smallest absolute Gasteiger partial charge is 0.261 e. The first-order valence-electron chi connectivity index (χ1n) is 18.2. The molecular weight excluding hydrogens is 678 g/mol. The third kappa shape index (κ3) is 7.87. The SMILES string of the molecule is COc1ccc(CCn2c(CCN3C(=O)c4ccc(OCCN5CCOCC5)cc4C3=O)nc3cc(N4CCOC(C)(C)C4)ccc3c2=O)cc1OC. The van der Waals surface area contributed by atoms with E-state index in [1.165, 1.54) is 4.90 Å². The molecule has 13 nitrogen and oxygen atoms in total. The number of carbonyl (C=O) groups is 2. The molecule has 3 aromatic carbocycles. The molecule has 0 aliphatic carbocycles. The number of benzene rings is 3. The highest BCUT2D eigenvalue weighted by molar-refractivity contribution is 6.21. The summed E-state index contributed by atoms with van der Waals surface area (Å²) in [5.74, 6) is 1.49. The molecule has 0 bridgehead atoms. The van der Waals surface area contributed by atoms with E-state index in [9.17, 15) is 14.4 Å². The summed E-state index contributed by atoms with van der Waals surface area (Å²) in [6.45, 7) is 10.9. The van der Waals surface area contributed by atoms with Crippen LogP contribution in [0.5, 0.6) is 17.2 Å². The molecule has 0 N–H and O–H groups in total. The van der Waals surface area contributed by atoms with Gasteiger partial charge in [-0.25, -0.2) is 4.98 Å². The van der Waals surface area contributed by atoms with Gasteiger partial charge in [0.15, 0.2) is 11.5 Å². The average molecular weight is 726 g/mol. The Kier molecular flexibility index (Phi) is 10.7. The summed E-state index contributed by atoms with van der Waals surface area (Å²) in [5.41, 5.74) is 2.64. The van der Waals surface area contributed by atoms with Gasteiger partial charge in [0, 0.05) is 57.9 Å². The van der Waals surface area contributed by atoms with Crippen LogP contribution in [0.25, 0.3) is 10.9 Å². The predicted octanol–water partition coefficient (Wildman–Crippen LogP) is 3.82. The molecule has 4 aromatic rings. The lowest BCUT2D eigenvalue weighted by Gasteiger charge is -2.39. The van der Waals surface area contributed by atoms with E-state index in [4.69, 9.17) is 28.7 Å². The zero-order valence-electron chi connectivity index (χ0n) is 30.9. The summed E-state index contributed by atoms with van der Waals surface area (Å²) in [5, 5.41) is 0.499. The third-order valence-corrected chi connectivity index (χ3v) is 10.2. The Bertz CT molecular complexity index is 2060. The zero-order valence-corrected chi connectivity index (χ0v) is 30.9. The molecule has 0 radical (unpaired) electrons. The van der Waals surface area contributed by atoms with Gasteiger partial charge in [0.1, 0.15) is 18.2 Å². The molecule has 13 heteroatoms. The minimum atomic E-state index is -0.388. The predicted molar refractivity (Wildman–Crippen MR) is 200 cm³/mol. The summed E-state index contributed by atoms with van der Waals surface area (Å²) in [6.07, 6.45) is 0.711. The van der Waals surface area contributed by atoms with Crippen LogP contribution in [-0.4, -0.2) is 117 Å². The fourth-order valence-corrected chi connectivity index (χ4v) is 7.28. The number of hydrogen-bond acceptors (Lipinski definition) is 11. The van der Waals surface area contributed by atoms with Crippen LogP contribution in [0, 0.1) is 0 Å². The zero-order chi connectivity index (χ0) is 37.1. The van der Waals surface area contributed by atoms with Crippen LogP contribution in [0.3, 0.4) is 0 Å². The third-order valence-electron chi connectivity index (χ3n) is 10.2. The van der Waals surface area contributed by atoms with Crippen LogP contribution < -0.4 is 24.7 Å². The summed E-state index contributed by atoms with van der Waals surface area (Å²) in [6, 6.07) is 16.5. The molecule has 1 aromatic heterocycles. The molecule has 3 aliphatic heterocycles. The van der Waals surface area contributed by atoms with Gasteiger partial charge < -0.3 is 28.6 Å². The molecule has 4 heterocycles. The van der Waals surface area contributed by atoms with E-state index in [1.807, 2.05) is 36.4 Å². The maximum Gasteiger partial charge on any atom is 0.261 e. The van der Waals surface area contributed by atoms with Crippen LogP contribution in [0.4, 0.5) is 5.69 Å². The average Bonchev–Trinajstić information content (AvgIpc) is 3.40. The maximum absolute atomic E-state index is 14.2. The van der Waals surface area contributed by atoms with E-state index in [-0.39, 0.29) is 35.9 Å². The fraction of sp³-hybridized carbons (Fsp3) is 0.450. The highest BCUT2D eigenvalue weighted by Gasteiger charge is 2.36. The maximum atomic E-state index is 14.2. The number of carbonyl (C=O) groups excluding carboxylic acids is 2. The number of nitrogens with zero attached hydrogens (tertiary/aromatic N) is 5. The van der Waals surface area contributed by atoms with Gasteiger partial charge >= 0.3 is 0 Å². The van der Waals surface area contributed by atoms with Crippen LogP contribution in [0.15, 0.2) is 59.4 Å². The van der Waals surface area contributed by atoms with Gasteiger partial charge in [-0.05, 0) is 74.4 Å². The van der Waals surface area contributed by atoms with Gasteiger partial charge in [0.2, 0.25) is 0 Å². The molecule has 0 spiro atoms. The summed E-state index contributed by atoms with van der Waals surface area (Å²) >= 11 is 0. The Balaban J connectivity index is 1.13. The number of rotatable bonds is 13. The van der Waals surface area contributed by atoms with E-state index < -0.39 is 0 Å². The lowest BCUT2D eigenvalue weighted by Crippen LogP contribution is -2.48. The number of anilines is 1. The number of aryl methyl sites for hydroxylation is 1. The molecular formula is C40H47N5O8. The largest absolute Gasteiger partial charge is 0.493 e. The first-order chi connectivity index (χ1) is 25.6. The molecule has 0 atom stereocenters. The topological polar surface area (TPSA) is 125 Å². The molecule has 2 amide bonds. The standard InChI is InChI=1S/C40H47N5O8/c1-40(2)26-43(18-22-53-40)28-6-8-31-33(24-28)41-36(44(38(31)47)13-11-27-5-10-34(49-3)35(23-27)50-4)12-14-45-37(46)30-9-7-29(25-32(30)39(45)48)52-21-17-42-15-19-51-20-16-42/h5-10,23-25H,11-22,26H2,1-4H3. The number of methoxy groups -OCH3 is 2. The van der Waals surface area contributed by atoms with Crippen LogP contribution >= 0.6 is 0 Å². The number of ether oxygens (including phenoxy) is 5. The van der Waals surface area contributed by atoms with Gasteiger partial charge in [-0.3, -0.25) is 28.8 Å². The van der Waals surface area contributed by atoms with E-state index in [0.29, 0.717) is 91.0 Å². The molecule has 7 rings (SSSR count). The van der Waals surface area contributed by atoms with Crippen molar-refractivity contribution in [1.29, 1.82) is 0 Å². The fourth-order valence-electron chi connectivity index (χ4n) is 7.28. The van der Waals surface area contributed by atoms with E-state index >= 15 is 0 Å². The minimum absolute atomic E-state index is 0.0607. The number of hydrogen-bond donors (Lipinski definition) is 0. The Hall–Kier alpha value is -4.98. The number of fused-ring (bicyclic) bond motifs is 2. The molecule has 3 aliphatic rings. The van der Waals surface area contributed by atoms with Crippen molar-refractivity contribution < 1.29 is 33.3 Å². The normalized spacial score (nSPS) is 17.4. The lowest BCUT2D eigenvalue weighted by atomic mass is 10.1. The summed E-state index contributed by atoms with van der Waals surface area (Å²) in [7, 11) is 3.17. The quantitative estimate of drug-likeness (QED) is 0.187. The van der Waals surface area contributed by atoms with Crippen molar-refractivity contribution in [3.8, 4) is 17.2 Å². The molecule has 2 fully saturated rings. The molecule has 2 saturated heterocycles. The Morgan fingerprint density at radius 1 is 0.792 bits per heavy atom. The first-order valence-corrected chi connectivity index (χ1v) is 18.2. The second-order valence-electron chi connectivity index (χ2n) is 14.2. The number of amides is 2. The van der Waals surface area contributed by atoms with Crippen molar-refractivity contribution in [3.63, 3.8) is 0 Å². The summed E-state index contributed by atoms with van der Waals surface area (Å²) in [4.78, 5) is 52.2. The van der Waals surface area contributed by atoms with Crippen molar-refractivity contribution in [2.75, 3.05) is 84.8 Å². The molecule has 53 heavy (non-hydrogen) atoms. The summed E-state index contributed by atoms with van der Waals surface area (Å²) < 4.78 is 29.9. The van der Waals surface area contributed by atoms with Gasteiger partial charge in [0.05, 0.1) is 61.7 Å². The minimum Gasteiger partial charge on any atom is -0.493 e. The van der Waals surface area contributed by atoms with E-state index in [0.717, 1.165) is 37.4 Å². The van der Waals surface area contributed by atoms with E-state index in [2.05, 4.69) is 23.6 Å². The monoisotopic (exact) mass is 725 g/mol. The van der Waals surface area contributed by atoms with Crippen LogP contribution in [0.1, 0.15) is 46.0 Å². The Morgan fingerprint density at radius 3 is 2.36 bits per heavy atom. The van der Waals surface area contributed by atoms with Crippen molar-refractivity contribution in [1.82, 2.24) is 19.4 Å². The van der Waals surface area contributed by atoms with Crippen molar-refractivity contribution >= 4 is 28.4 Å². The van der Waals surface area contributed by atoms with Crippen molar-refractivity contribution in [2.24, 2.45) is 0 Å².